The van der Waals surface area contributed by atoms with E-state index in [1.54, 1.807) is 12.4 Å². The third-order valence-electron chi connectivity index (χ3n) is 1.84. The van der Waals surface area contributed by atoms with E-state index in [1.165, 1.54) is 6.42 Å². The highest BCUT2D eigenvalue weighted by Gasteiger charge is 2.15. The molecule has 1 N–H and O–H groups in total. The maximum atomic E-state index is 4.21. The molecule has 1 aliphatic rings. The Morgan fingerprint density at radius 1 is 1.46 bits per heavy atom. The normalized spacial score (nSPS) is 21.1. The lowest BCUT2D eigenvalue weighted by Crippen LogP contribution is -2.10. The Kier molecular flexibility index (Phi) is 4.48. The Morgan fingerprint density at radius 2 is 2.38 bits per heavy atom. The molecular weight excluding hydrogens is 206 g/mol. The topological polar surface area (TPSA) is 37.8 Å². The number of thioether (sulfide) groups is 1. The molecular formula is C8H12ClN3S. The van der Waals surface area contributed by atoms with E-state index in [0.29, 0.717) is 5.25 Å². The summed E-state index contributed by atoms with van der Waals surface area (Å²) in [5, 5.41) is 5.04. The summed E-state index contributed by atoms with van der Waals surface area (Å²) in [7, 11) is 0. The summed E-state index contributed by atoms with van der Waals surface area (Å²) in [6, 6.07) is 0. The summed E-state index contributed by atoms with van der Waals surface area (Å²) >= 11 is 1.82. The van der Waals surface area contributed by atoms with Crippen molar-refractivity contribution in [3.8, 4) is 0 Å². The van der Waals surface area contributed by atoms with Crippen molar-refractivity contribution in [3.05, 3.63) is 18.6 Å². The van der Waals surface area contributed by atoms with Crippen LogP contribution in [0.3, 0.4) is 0 Å². The molecule has 2 rings (SSSR count). The van der Waals surface area contributed by atoms with Gasteiger partial charge in [-0.3, -0.25) is 4.98 Å². The van der Waals surface area contributed by atoms with Crippen LogP contribution in [0.2, 0.25) is 0 Å². The van der Waals surface area contributed by atoms with E-state index in [2.05, 4.69) is 15.3 Å². The Labute approximate surface area is 88.2 Å². The van der Waals surface area contributed by atoms with Crippen LogP contribution >= 0.6 is 24.2 Å². The predicted molar refractivity (Wildman–Crippen MR) is 56.4 cm³/mol. The van der Waals surface area contributed by atoms with Gasteiger partial charge in [0.25, 0.3) is 0 Å². The zero-order chi connectivity index (χ0) is 8.23. The monoisotopic (exact) mass is 217 g/mol. The van der Waals surface area contributed by atoms with Gasteiger partial charge in [-0.2, -0.15) is 0 Å². The fraction of sp³-hybridized carbons (Fsp3) is 0.500. The largest absolute Gasteiger partial charge is 0.316 e. The molecule has 5 heteroatoms. The Morgan fingerprint density at radius 3 is 3.00 bits per heavy atom. The molecule has 1 aliphatic heterocycles. The van der Waals surface area contributed by atoms with Crippen molar-refractivity contribution in [2.24, 2.45) is 0 Å². The second-order valence-electron chi connectivity index (χ2n) is 2.78. The first-order valence-corrected chi connectivity index (χ1v) is 4.96. The van der Waals surface area contributed by atoms with Crippen molar-refractivity contribution in [3.63, 3.8) is 0 Å². The molecule has 0 spiro atoms. The second-order valence-corrected chi connectivity index (χ2v) is 4.10. The summed E-state index contributed by atoms with van der Waals surface area (Å²) in [5.74, 6) is 0. The smallest absolute Gasteiger partial charge is 0.115 e. The fourth-order valence-corrected chi connectivity index (χ4v) is 2.27. The van der Waals surface area contributed by atoms with Gasteiger partial charge in [-0.25, -0.2) is 4.98 Å². The van der Waals surface area contributed by atoms with Gasteiger partial charge in [0.2, 0.25) is 0 Å². The summed E-state index contributed by atoms with van der Waals surface area (Å²) in [4.78, 5) is 8.24. The fourth-order valence-electron chi connectivity index (χ4n) is 1.25. The zero-order valence-corrected chi connectivity index (χ0v) is 8.77. The minimum absolute atomic E-state index is 0. The van der Waals surface area contributed by atoms with Gasteiger partial charge in [0, 0.05) is 24.2 Å². The zero-order valence-electron chi connectivity index (χ0n) is 7.14. The van der Waals surface area contributed by atoms with Crippen molar-refractivity contribution >= 4 is 24.2 Å². The van der Waals surface area contributed by atoms with Crippen LogP contribution in [0.1, 0.15) is 6.42 Å². The lowest BCUT2D eigenvalue weighted by molar-refractivity contribution is 0.858. The van der Waals surface area contributed by atoms with E-state index in [9.17, 15) is 0 Å². The van der Waals surface area contributed by atoms with E-state index in [4.69, 9.17) is 0 Å². The van der Waals surface area contributed by atoms with Crippen LogP contribution in [0.5, 0.6) is 0 Å². The summed E-state index contributed by atoms with van der Waals surface area (Å²) < 4.78 is 0. The molecule has 3 nitrogen and oxygen atoms in total. The van der Waals surface area contributed by atoms with Gasteiger partial charge in [0.15, 0.2) is 0 Å². The number of rotatable bonds is 2. The highest BCUT2D eigenvalue weighted by Crippen LogP contribution is 2.23. The third kappa shape index (κ3) is 3.14. The number of hydrogen-bond donors (Lipinski definition) is 1. The van der Waals surface area contributed by atoms with E-state index in [1.807, 2.05) is 18.0 Å². The summed E-state index contributed by atoms with van der Waals surface area (Å²) in [6.45, 7) is 2.24. The van der Waals surface area contributed by atoms with E-state index < -0.39 is 0 Å². The number of nitrogens with zero attached hydrogens (tertiary/aromatic N) is 2. The van der Waals surface area contributed by atoms with Crippen molar-refractivity contribution in [2.45, 2.75) is 16.7 Å². The second kappa shape index (κ2) is 5.42. The Hall–Kier alpha value is -0.320. The standard InChI is InChI=1S/C8H11N3S.ClH/c1-2-9-5-7(1)12-8-6-10-3-4-11-8;/h3-4,6-7,9H,1-2,5H2;1H/t7-;/m0./s1. The Bertz CT molecular complexity index is 238. The first-order chi connectivity index (χ1) is 5.95. The van der Waals surface area contributed by atoms with E-state index >= 15 is 0 Å². The third-order valence-corrected chi connectivity index (χ3v) is 3.03. The van der Waals surface area contributed by atoms with Crippen LogP contribution < -0.4 is 5.32 Å². The molecule has 0 bridgehead atoms. The average molecular weight is 218 g/mol. The number of hydrogen-bond acceptors (Lipinski definition) is 4. The number of nitrogens with one attached hydrogen (secondary N) is 1. The molecule has 1 saturated heterocycles. The minimum atomic E-state index is 0. The first kappa shape index (κ1) is 10.8. The average Bonchev–Trinajstić information content (AvgIpc) is 2.59. The predicted octanol–water partition coefficient (Wildman–Crippen LogP) is 1.35. The molecule has 0 saturated carbocycles. The highest BCUT2D eigenvalue weighted by molar-refractivity contribution is 7.99. The lowest BCUT2D eigenvalue weighted by Gasteiger charge is -2.05. The molecule has 13 heavy (non-hydrogen) atoms. The van der Waals surface area contributed by atoms with Crippen molar-refractivity contribution < 1.29 is 0 Å². The molecule has 1 fully saturated rings. The molecule has 0 aliphatic carbocycles. The number of aromatic nitrogens is 2. The van der Waals surface area contributed by atoms with Crippen LogP contribution in [0, 0.1) is 0 Å². The molecule has 0 amide bonds. The van der Waals surface area contributed by atoms with Crippen LogP contribution in [-0.4, -0.2) is 28.3 Å². The van der Waals surface area contributed by atoms with Gasteiger partial charge in [-0.1, -0.05) is 0 Å². The van der Waals surface area contributed by atoms with Crippen LogP contribution in [0.25, 0.3) is 0 Å². The molecule has 0 unspecified atom stereocenters. The maximum absolute atomic E-state index is 4.21. The molecule has 1 aromatic heterocycles. The minimum Gasteiger partial charge on any atom is -0.316 e. The molecule has 0 radical (unpaired) electrons. The van der Waals surface area contributed by atoms with Gasteiger partial charge >= 0.3 is 0 Å². The van der Waals surface area contributed by atoms with Gasteiger partial charge in [-0.05, 0) is 13.0 Å². The van der Waals surface area contributed by atoms with Crippen LogP contribution in [-0.2, 0) is 0 Å². The molecule has 2 heterocycles. The highest BCUT2D eigenvalue weighted by atomic mass is 35.5. The van der Waals surface area contributed by atoms with Gasteiger partial charge in [0.1, 0.15) is 5.03 Å². The summed E-state index contributed by atoms with van der Waals surface area (Å²) in [5.41, 5.74) is 0. The van der Waals surface area contributed by atoms with E-state index in [0.717, 1.165) is 18.1 Å². The van der Waals surface area contributed by atoms with Gasteiger partial charge in [0.05, 0.1) is 6.20 Å². The van der Waals surface area contributed by atoms with Crippen molar-refractivity contribution in [1.29, 1.82) is 0 Å². The molecule has 72 valence electrons. The lowest BCUT2D eigenvalue weighted by atomic mass is 10.4. The van der Waals surface area contributed by atoms with Gasteiger partial charge < -0.3 is 5.32 Å². The SMILES string of the molecule is Cl.c1cnc(S[C@H]2CCNC2)cn1. The maximum Gasteiger partial charge on any atom is 0.115 e. The Balaban J connectivity index is 0.000000845. The van der Waals surface area contributed by atoms with Gasteiger partial charge in [-0.15, -0.1) is 24.2 Å². The number of halogens is 1. The quantitative estimate of drug-likeness (QED) is 0.812. The van der Waals surface area contributed by atoms with Crippen LogP contribution in [0.4, 0.5) is 0 Å². The van der Waals surface area contributed by atoms with Crippen LogP contribution in [0.15, 0.2) is 23.6 Å². The molecule has 1 atom stereocenters. The van der Waals surface area contributed by atoms with Crippen molar-refractivity contribution in [1.82, 2.24) is 15.3 Å². The van der Waals surface area contributed by atoms with E-state index in [-0.39, 0.29) is 12.4 Å². The molecule has 0 aromatic carbocycles. The summed E-state index contributed by atoms with van der Waals surface area (Å²) in [6.07, 6.45) is 6.51. The molecule has 1 aromatic rings. The van der Waals surface area contributed by atoms with Crippen molar-refractivity contribution in [2.75, 3.05) is 13.1 Å². The first-order valence-electron chi connectivity index (χ1n) is 4.08.